The topological polar surface area (TPSA) is 20.2 Å². The Kier molecular flexibility index (Phi) is 2.61. The van der Waals surface area contributed by atoms with Crippen LogP contribution in [0.25, 0.3) is 10.1 Å². The van der Waals surface area contributed by atoms with Gasteiger partial charge in [0.15, 0.2) is 0 Å². The van der Waals surface area contributed by atoms with Crippen molar-refractivity contribution in [1.82, 2.24) is 0 Å². The Morgan fingerprint density at radius 1 is 1.00 bits per heavy atom. The molecule has 1 atom stereocenters. The lowest BCUT2D eigenvalue weighted by Crippen LogP contribution is -2.48. The molecule has 1 N–H and O–H groups in total. The molecule has 0 radical (unpaired) electrons. The highest BCUT2D eigenvalue weighted by atomic mass is 32.1. The highest BCUT2D eigenvalue weighted by Gasteiger charge is 2.54. The fourth-order valence-corrected chi connectivity index (χ4v) is 7.01. The van der Waals surface area contributed by atoms with E-state index in [0.29, 0.717) is 0 Å². The van der Waals surface area contributed by atoms with Gasteiger partial charge in [-0.3, -0.25) is 0 Å². The number of aliphatic hydroxyl groups is 1. The second kappa shape index (κ2) is 4.33. The average molecular weight is 298 g/mol. The molecule has 1 unspecified atom stereocenters. The third kappa shape index (κ3) is 1.78. The summed E-state index contributed by atoms with van der Waals surface area (Å²) in [4.78, 5) is 0. The van der Waals surface area contributed by atoms with E-state index in [-0.39, 0.29) is 11.5 Å². The molecule has 0 spiro atoms. The highest BCUT2D eigenvalue weighted by molar-refractivity contribution is 7.17. The lowest BCUT2D eigenvalue weighted by Gasteiger charge is -2.58. The molecule has 110 valence electrons. The van der Waals surface area contributed by atoms with Crippen LogP contribution in [0, 0.1) is 23.2 Å². The summed E-state index contributed by atoms with van der Waals surface area (Å²) in [6.07, 6.45) is 7.86. The van der Waals surface area contributed by atoms with Crippen molar-refractivity contribution in [3.8, 4) is 0 Å². The normalized spacial score (nSPS) is 39.0. The standard InChI is InChI=1S/C19H22OS/c20-18(16-3-1-2-15-4-5-21-17(15)16)19-9-12-6-13(10-19)8-14(7-12)11-19/h1-5,12-14,18,20H,6-11H2. The molecule has 4 saturated carbocycles. The second-order valence-corrected chi connectivity index (χ2v) is 8.78. The molecule has 4 bridgehead atoms. The van der Waals surface area contributed by atoms with Crippen LogP contribution in [0.4, 0.5) is 0 Å². The molecule has 2 aromatic rings. The molecule has 0 aliphatic heterocycles. The Hall–Kier alpha value is -0.860. The Morgan fingerprint density at radius 2 is 1.67 bits per heavy atom. The summed E-state index contributed by atoms with van der Waals surface area (Å²) in [6, 6.07) is 8.63. The van der Waals surface area contributed by atoms with E-state index in [1.807, 2.05) is 0 Å². The zero-order chi connectivity index (χ0) is 14.0. The van der Waals surface area contributed by atoms with Crippen LogP contribution in [-0.2, 0) is 0 Å². The van der Waals surface area contributed by atoms with Crippen molar-refractivity contribution in [2.24, 2.45) is 23.2 Å². The number of hydrogen-bond donors (Lipinski definition) is 1. The van der Waals surface area contributed by atoms with Gasteiger partial charge in [-0.05, 0) is 78.7 Å². The smallest absolute Gasteiger partial charge is 0.0860 e. The minimum absolute atomic E-state index is 0.188. The van der Waals surface area contributed by atoms with Crippen LogP contribution < -0.4 is 0 Å². The molecular weight excluding hydrogens is 276 g/mol. The van der Waals surface area contributed by atoms with Gasteiger partial charge >= 0.3 is 0 Å². The largest absolute Gasteiger partial charge is 0.388 e. The number of thiophene rings is 1. The summed E-state index contributed by atoms with van der Waals surface area (Å²) in [7, 11) is 0. The van der Waals surface area contributed by atoms with Gasteiger partial charge < -0.3 is 5.11 Å². The van der Waals surface area contributed by atoms with E-state index in [1.165, 1.54) is 54.2 Å². The van der Waals surface area contributed by atoms with Crippen LogP contribution >= 0.6 is 11.3 Å². The molecule has 1 aromatic carbocycles. The number of hydrogen-bond acceptors (Lipinski definition) is 2. The third-order valence-electron chi connectivity index (χ3n) is 6.47. The molecule has 1 heterocycles. The van der Waals surface area contributed by atoms with Crippen molar-refractivity contribution in [3.63, 3.8) is 0 Å². The molecule has 1 aromatic heterocycles. The van der Waals surface area contributed by atoms with E-state index in [9.17, 15) is 5.11 Å². The molecule has 0 amide bonds. The Morgan fingerprint density at radius 3 is 2.33 bits per heavy atom. The van der Waals surface area contributed by atoms with Gasteiger partial charge in [-0.25, -0.2) is 0 Å². The van der Waals surface area contributed by atoms with Crippen LogP contribution in [0.3, 0.4) is 0 Å². The molecule has 4 aliphatic rings. The second-order valence-electron chi connectivity index (χ2n) is 7.87. The van der Waals surface area contributed by atoms with E-state index in [2.05, 4.69) is 29.6 Å². The van der Waals surface area contributed by atoms with Crippen molar-refractivity contribution in [3.05, 3.63) is 35.2 Å². The van der Waals surface area contributed by atoms with E-state index in [1.54, 1.807) is 11.3 Å². The Balaban J connectivity index is 1.59. The first-order chi connectivity index (χ1) is 10.2. The third-order valence-corrected chi connectivity index (χ3v) is 7.45. The van der Waals surface area contributed by atoms with Crippen molar-refractivity contribution in [2.75, 3.05) is 0 Å². The molecule has 4 fully saturated rings. The van der Waals surface area contributed by atoms with Crippen LogP contribution in [0.2, 0.25) is 0 Å². The van der Waals surface area contributed by atoms with Crippen LogP contribution in [0.5, 0.6) is 0 Å². The van der Waals surface area contributed by atoms with E-state index < -0.39 is 0 Å². The maximum Gasteiger partial charge on any atom is 0.0860 e. The molecule has 4 aliphatic carbocycles. The van der Waals surface area contributed by atoms with E-state index in [0.717, 1.165) is 17.8 Å². The van der Waals surface area contributed by atoms with Crippen molar-refractivity contribution >= 4 is 21.4 Å². The molecule has 6 rings (SSSR count). The van der Waals surface area contributed by atoms with Crippen LogP contribution in [0.15, 0.2) is 29.6 Å². The molecular formula is C19H22OS. The van der Waals surface area contributed by atoms with Gasteiger partial charge in [0, 0.05) is 10.1 Å². The zero-order valence-corrected chi connectivity index (χ0v) is 13.1. The van der Waals surface area contributed by atoms with Crippen molar-refractivity contribution in [2.45, 2.75) is 44.6 Å². The summed E-state index contributed by atoms with van der Waals surface area (Å²) in [5.41, 5.74) is 1.39. The maximum absolute atomic E-state index is 11.3. The first kappa shape index (κ1) is 12.7. The lowest BCUT2D eigenvalue weighted by molar-refractivity contribution is -0.121. The van der Waals surface area contributed by atoms with Crippen molar-refractivity contribution in [1.29, 1.82) is 0 Å². The predicted molar refractivity (Wildman–Crippen MR) is 87.4 cm³/mol. The average Bonchev–Trinajstić information content (AvgIpc) is 2.93. The van der Waals surface area contributed by atoms with Gasteiger partial charge in [-0.1, -0.05) is 18.2 Å². The summed E-state index contributed by atoms with van der Waals surface area (Å²) in [5.74, 6) is 2.69. The summed E-state index contributed by atoms with van der Waals surface area (Å²) in [5, 5.41) is 14.8. The summed E-state index contributed by atoms with van der Waals surface area (Å²) >= 11 is 1.79. The first-order valence-electron chi connectivity index (χ1n) is 8.38. The predicted octanol–water partition coefficient (Wildman–Crippen LogP) is 5.15. The molecule has 21 heavy (non-hydrogen) atoms. The summed E-state index contributed by atoms with van der Waals surface area (Å²) < 4.78 is 1.31. The zero-order valence-electron chi connectivity index (χ0n) is 12.3. The van der Waals surface area contributed by atoms with E-state index in [4.69, 9.17) is 0 Å². The number of rotatable bonds is 2. The minimum atomic E-state index is -0.256. The molecule has 1 nitrogen and oxygen atoms in total. The Bertz CT molecular complexity index is 650. The summed E-state index contributed by atoms with van der Waals surface area (Å²) in [6.45, 7) is 0. The highest BCUT2D eigenvalue weighted by Crippen LogP contribution is 2.64. The van der Waals surface area contributed by atoms with Crippen LogP contribution in [0.1, 0.15) is 50.2 Å². The quantitative estimate of drug-likeness (QED) is 0.812. The lowest BCUT2D eigenvalue weighted by atomic mass is 9.47. The van der Waals surface area contributed by atoms with E-state index >= 15 is 0 Å². The Labute approximate surface area is 130 Å². The molecule has 2 heteroatoms. The fraction of sp³-hybridized carbons (Fsp3) is 0.579. The molecule has 0 saturated heterocycles. The fourth-order valence-electron chi connectivity index (χ4n) is 6.07. The van der Waals surface area contributed by atoms with Gasteiger partial charge in [0.05, 0.1) is 6.10 Å². The first-order valence-corrected chi connectivity index (χ1v) is 9.26. The maximum atomic E-state index is 11.3. The number of fused-ring (bicyclic) bond motifs is 1. The van der Waals surface area contributed by atoms with Crippen LogP contribution in [-0.4, -0.2) is 5.11 Å². The number of benzene rings is 1. The monoisotopic (exact) mass is 298 g/mol. The van der Waals surface area contributed by atoms with Gasteiger partial charge in [0.2, 0.25) is 0 Å². The van der Waals surface area contributed by atoms with Gasteiger partial charge in [0.1, 0.15) is 0 Å². The van der Waals surface area contributed by atoms with Gasteiger partial charge in [-0.2, -0.15) is 0 Å². The number of aliphatic hydroxyl groups excluding tert-OH is 1. The van der Waals surface area contributed by atoms with Gasteiger partial charge in [0.25, 0.3) is 0 Å². The SMILES string of the molecule is OC(c1cccc2ccsc12)C12CC3CC(CC(C3)C1)C2. The minimum Gasteiger partial charge on any atom is -0.388 e. The van der Waals surface area contributed by atoms with Gasteiger partial charge in [-0.15, -0.1) is 11.3 Å². The van der Waals surface area contributed by atoms with Crippen molar-refractivity contribution < 1.29 is 5.11 Å².